The average molecular weight is 629 g/mol. The van der Waals surface area contributed by atoms with Gasteiger partial charge in [0.1, 0.15) is 4.91 Å². The van der Waals surface area contributed by atoms with Gasteiger partial charge in [-0.25, -0.2) is 0 Å². The number of hydrogen-bond donors (Lipinski definition) is 0. The number of sulfonamides is 1. The van der Waals surface area contributed by atoms with Crippen LogP contribution in [0, 0.1) is 0 Å². The van der Waals surface area contributed by atoms with E-state index in [2.05, 4.69) is 108 Å². The summed E-state index contributed by atoms with van der Waals surface area (Å²) in [5.74, 6) is -0.565. The maximum Gasteiger partial charge on any atom is 0.281 e. The molecule has 0 radical (unpaired) electrons. The Morgan fingerprint density at radius 2 is 1.48 bits per heavy atom. The third-order valence-corrected chi connectivity index (χ3v) is 11.3. The van der Waals surface area contributed by atoms with E-state index in [0.29, 0.717) is 6.42 Å². The quantitative estimate of drug-likeness (QED) is 0.0527. The van der Waals surface area contributed by atoms with Gasteiger partial charge in [0.2, 0.25) is 0 Å². The fourth-order valence-electron chi connectivity index (χ4n) is 5.17. The topological polar surface area (TPSA) is 72.8 Å². The number of hydrogen-bond acceptors (Lipinski definition) is 4. The standard InChI is InChI=1S/C37H44N2O3S2/c1-3-5-6-7-8-15-23-37(40)38-44(41,42)36-26-24-32(25-27-36)39-29-28-31(30-39)17-16-22-33(4-2)43(34-18-11-9-12-19-34)35-20-13-10-14-21-35/h9-14,16-22,24-28H,3-8,15,23,29-30H2,1-2H3/b17-16-,33-22+. The summed E-state index contributed by atoms with van der Waals surface area (Å²) in [6.07, 6.45) is 16.1. The van der Waals surface area contributed by atoms with E-state index >= 15 is 0 Å². The molecule has 5 nitrogen and oxygen atoms in total. The Hall–Kier alpha value is -3.55. The average Bonchev–Trinajstić information content (AvgIpc) is 3.52. The highest BCUT2D eigenvalue weighted by molar-refractivity contribution is 8.00. The molecule has 0 amide bonds. The number of rotatable bonds is 16. The molecule has 1 aliphatic heterocycles. The van der Waals surface area contributed by atoms with E-state index < -0.39 is 15.9 Å². The smallest absolute Gasteiger partial charge is 0.281 e. The molecule has 0 aromatic heterocycles. The molecular formula is C37H44N2O3S2. The third-order valence-electron chi connectivity index (χ3n) is 7.57. The molecule has 0 N–H and O–H groups in total. The van der Waals surface area contributed by atoms with Crippen molar-refractivity contribution in [2.75, 3.05) is 18.0 Å². The van der Waals surface area contributed by atoms with E-state index in [1.54, 1.807) is 24.3 Å². The van der Waals surface area contributed by atoms with Crippen molar-refractivity contribution >= 4 is 32.5 Å². The van der Waals surface area contributed by atoms with Crippen molar-refractivity contribution in [1.82, 2.24) is 0 Å². The highest BCUT2D eigenvalue weighted by Crippen LogP contribution is 2.32. The van der Waals surface area contributed by atoms with Gasteiger partial charge in [-0.05, 0) is 78.9 Å². The molecular weight excluding hydrogens is 585 g/mol. The molecule has 7 heteroatoms. The van der Waals surface area contributed by atoms with Crippen LogP contribution in [0.2, 0.25) is 0 Å². The lowest BCUT2D eigenvalue weighted by Crippen LogP contribution is -2.20. The van der Waals surface area contributed by atoms with Crippen molar-refractivity contribution < 1.29 is 13.5 Å². The van der Waals surface area contributed by atoms with Crippen LogP contribution in [0.5, 0.6) is 0 Å². The summed E-state index contributed by atoms with van der Waals surface area (Å²) in [4.78, 5) is 6.25. The maximum atomic E-state index is 12.7. The zero-order chi connectivity index (χ0) is 31.2. The van der Waals surface area contributed by atoms with Crippen LogP contribution in [0.1, 0.15) is 65.2 Å². The summed E-state index contributed by atoms with van der Waals surface area (Å²) >= 11 is 0. The first-order valence-electron chi connectivity index (χ1n) is 15.7. The van der Waals surface area contributed by atoms with E-state index in [1.165, 1.54) is 33.1 Å². The van der Waals surface area contributed by atoms with E-state index in [9.17, 15) is 13.5 Å². The molecule has 0 saturated heterocycles. The molecule has 0 spiro atoms. The molecule has 3 aromatic carbocycles. The van der Waals surface area contributed by atoms with Crippen LogP contribution < -0.4 is 10.0 Å². The van der Waals surface area contributed by atoms with Gasteiger partial charge in [0.25, 0.3) is 10.0 Å². The minimum absolute atomic E-state index is 0.0503. The van der Waals surface area contributed by atoms with Gasteiger partial charge in [-0.3, -0.25) is 0 Å². The normalized spacial score (nSPS) is 14.5. The first kappa shape index (κ1) is 33.3. The Labute approximate surface area is 267 Å². The summed E-state index contributed by atoms with van der Waals surface area (Å²) in [5.41, 5.74) is 2.14. The molecule has 4 rings (SSSR count). The SMILES string of the molecule is CCCCCCCCC([O-])=NS(=O)(=O)c1ccc(N2CC=C(/C=C\C=C(/CC)[S+](c3ccccc3)c3ccccc3)C2)cc1. The predicted molar refractivity (Wildman–Crippen MR) is 184 cm³/mol. The second-order valence-corrected chi connectivity index (χ2v) is 14.6. The molecule has 0 unspecified atom stereocenters. The Balaban J connectivity index is 1.36. The summed E-state index contributed by atoms with van der Waals surface area (Å²) in [6.45, 7) is 5.86. The van der Waals surface area contributed by atoms with Crippen LogP contribution in [0.25, 0.3) is 0 Å². The Morgan fingerprint density at radius 1 is 0.864 bits per heavy atom. The lowest BCUT2D eigenvalue weighted by molar-refractivity contribution is -0.218. The monoisotopic (exact) mass is 628 g/mol. The number of nitrogens with zero attached hydrogens (tertiary/aromatic N) is 2. The molecule has 0 bridgehead atoms. The molecule has 0 saturated carbocycles. The largest absolute Gasteiger partial charge is 0.861 e. The molecule has 1 aliphatic rings. The number of benzene rings is 3. The molecule has 1 heterocycles. The predicted octanol–water partition coefficient (Wildman–Crippen LogP) is 8.22. The van der Waals surface area contributed by atoms with Crippen LogP contribution >= 0.6 is 0 Å². The summed E-state index contributed by atoms with van der Waals surface area (Å²) in [6, 6.07) is 28.0. The third kappa shape index (κ3) is 9.73. The fraction of sp³-hybridized carbons (Fsp3) is 0.324. The van der Waals surface area contributed by atoms with Crippen LogP contribution in [0.3, 0.4) is 0 Å². The number of anilines is 1. The second kappa shape index (κ2) is 17.1. The lowest BCUT2D eigenvalue weighted by atomic mass is 10.1. The van der Waals surface area contributed by atoms with Gasteiger partial charge < -0.3 is 10.0 Å². The van der Waals surface area contributed by atoms with Crippen molar-refractivity contribution in [2.45, 2.75) is 79.9 Å². The van der Waals surface area contributed by atoms with Crippen LogP contribution in [0.4, 0.5) is 5.69 Å². The van der Waals surface area contributed by atoms with E-state index in [0.717, 1.165) is 44.5 Å². The van der Waals surface area contributed by atoms with Gasteiger partial charge in [-0.15, -0.1) is 0 Å². The highest BCUT2D eigenvalue weighted by atomic mass is 32.2. The summed E-state index contributed by atoms with van der Waals surface area (Å²) in [5, 5.41) is 12.2. The summed E-state index contributed by atoms with van der Waals surface area (Å²) in [7, 11) is -4.15. The molecule has 0 fully saturated rings. The van der Waals surface area contributed by atoms with Crippen molar-refractivity contribution in [2.24, 2.45) is 4.40 Å². The van der Waals surface area contributed by atoms with Crippen molar-refractivity contribution in [3.63, 3.8) is 0 Å². The Bertz CT molecular complexity index is 1510. The van der Waals surface area contributed by atoms with Gasteiger partial charge in [0.05, 0.1) is 15.8 Å². The number of unbranched alkanes of at least 4 members (excludes halogenated alkanes) is 5. The van der Waals surface area contributed by atoms with Crippen molar-refractivity contribution in [3.05, 3.63) is 120 Å². The Kier molecular flexibility index (Phi) is 12.9. The van der Waals surface area contributed by atoms with E-state index in [-0.39, 0.29) is 22.2 Å². The zero-order valence-electron chi connectivity index (χ0n) is 25.9. The second-order valence-electron chi connectivity index (χ2n) is 10.9. The summed E-state index contributed by atoms with van der Waals surface area (Å²) < 4.78 is 29.0. The van der Waals surface area contributed by atoms with Gasteiger partial charge >= 0.3 is 0 Å². The van der Waals surface area contributed by atoms with Gasteiger partial charge in [0, 0.05) is 25.2 Å². The van der Waals surface area contributed by atoms with Gasteiger partial charge in [-0.1, -0.05) is 101 Å². The van der Waals surface area contributed by atoms with Gasteiger partial charge in [0.15, 0.2) is 9.79 Å². The maximum absolute atomic E-state index is 12.7. The molecule has 0 aliphatic carbocycles. The van der Waals surface area contributed by atoms with Gasteiger partial charge in [-0.2, -0.15) is 12.8 Å². The van der Waals surface area contributed by atoms with Crippen LogP contribution in [-0.4, -0.2) is 27.4 Å². The van der Waals surface area contributed by atoms with Crippen LogP contribution in [0.15, 0.2) is 139 Å². The molecule has 44 heavy (non-hydrogen) atoms. The fourth-order valence-corrected chi connectivity index (χ4v) is 8.36. The lowest BCUT2D eigenvalue weighted by Gasteiger charge is -2.18. The minimum atomic E-state index is -4.01. The van der Waals surface area contributed by atoms with Crippen molar-refractivity contribution in [1.29, 1.82) is 0 Å². The molecule has 3 aromatic rings. The van der Waals surface area contributed by atoms with Crippen molar-refractivity contribution in [3.8, 4) is 0 Å². The first-order valence-corrected chi connectivity index (χ1v) is 18.3. The minimum Gasteiger partial charge on any atom is -0.861 e. The van der Waals surface area contributed by atoms with E-state index in [1.807, 2.05) is 0 Å². The molecule has 0 atom stereocenters. The Morgan fingerprint density at radius 3 is 2.09 bits per heavy atom. The molecule has 232 valence electrons. The zero-order valence-corrected chi connectivity index (χ0v) is 27.5. The first-order chi connectivity index (χ1) is 21.4. The van der Waals surface area contributed by atoms with E-state index in [4.69, 9.17) is 0 Å². The number of allylic oxidation sites excluding steroid dienone is 3. The highest BCUT2D eigenvalue weighted by Gasteiger charge is 2.29. The van der Waals surface area contributed by atoms with Crippen LogP contribution in [-0.2, 0) is 20.9 Å².